The number of benzene rings is 1. The maximum Gasteiger partial charge on any atom is 0.243 e. The molecule has 5 nitrogen and oxygen atoms in total. The molecule has 1 saturated heterocycles. The predicted molar refractivity (Wildman–Crippen MR) is 87.3 cm³/mol. The zero-order chi connectivity index (χ0) is 16.1. The van der Waals surface area contributed by atoms with E-state index in [4.69, 9.17) is 0 Å². The second-order valence-corrected chi connectivity index (χ2v) is 8.18. The molecule has 1 aromatic carbocycles. The number of hydrogen-bond donors (Lipinski definition) is 0. The van der Waals surface area contributed by atoms with Crippen molar-refractivity contribution in [3.05, 3.63) is 24.0 Å². The van der Waals surface area contributed by atoms with Crippen LogP contribution in [0, 0.1) is 6.92 Å². The molecule has 0 amide bonds. The molecular weight excluding hydrogens is 298 g/mol. The zero-order valence-corrected chi connectivity index (χ0v) is 14.4. The van der Waals surface area contributed by atoms with Crippen molar-refractivity contribution in [1.82, 2.24) is 13.9 Å². The highest BCUT2D eigenvalue weighted by atomic mass is 32.2. The molecule has 2 atom stereocenters. The average molecular weight is 321 g/mol. The molecule has 1 aliphatic heterocycles. The Morgan fingerprint density at radius 2 is 1.82 bits per heavy atom. The molecule has 2 heterocycles. The van der Waals surface area contributed by atoms with Gasteiger partial charge in [0.15, 0.2) is 0 Å². The number of hydrogen-bond acceptors (Lipinski definition) is 3. The number of aryl methyl sites for hydroxylation is 2. The van der Waals surface area contributed by atoms with Gasteiger partial charge >= 0.3 is 0 Å². The van der Waals surface area contributed by atoms with Crippen molar-refractivity contribution < 1.29 is 8.42 Å². The van der Waals surface area contributed by atoms with E-state index in [9.17, 15) is 8.42 Å². The van der Waals surface area contributed by atoms with Gasteiger partial charge in [-0.3, -0.25) is 0 Å². The highest BCUT2D eigenvalue weighted by Gasteiger charge is 2.35. The Morgan fingerprint density at radius 1 is 1.18 bits per heavy atom. The van der Waals surface area contributed by atoms with Crippen LogP contribution in [0.15, 0.2) is 23.1 Å². The Bertz CT molecular complexity index is 800. The van der Waals surface area contributed by atoms with Crippen LogP contribution in [0.5, 0.6) is 0 Å². The number of aromatic nitrogens is 2. The first-order valence-electron chi connectivity index (χ1n) is 7.79. The lowest BCUT2D eigenvalue weighted by Gasteiger charge is -2.37. The van der Waals surface area contributed by atoms with E-state index in [1.807, 2.05) is 38.5 Å². The number of rotatable bonds is 2. The Balaban J connectivity index is 2.08. The third-order valence-electron chi connectivity index (χ3n) is 4.76. The second-order valence-electron chi connectivity index (χ2n) is 6.33. The minimum atomic E-state index is -3.47. The van der Waals surface area contributed by atoms with Gasteiger partial charge in [0.2, 0.25) is 10.0 Å². The first-order valence-corrected chi connectivity index (χ1v) is 9.23. The van der Waals surface area contributed by atoms with Gasteiger partial charge in [0.1, 0.15) is 5.82 Å². The number of sulfonamides is 1. The molecule has 0 radical (unpaired) electrons. The first kappa shape index (κ1) is 15.5. The number of nitrogens with zero attached hydrogens (tertiary/aromatic N) is 3. The maximum atomic E-state index is 13.0. The lowest BCUT2D eigenvalue weighted by molar-refractivity contribution is 0.204. The maximum absolute atomic E-state index is 13.0. The summed E-state index contributed by atoms with van der Waals surface area (Å²) < 4.78 is 29.7. The van der Waals surface area contributed by atoms with E-state index < -0.39 is 10.0 Å². The molecule has 0 N–H and O–H groups in total. The molecule has 2 unspecified atom stereocenters. The van der Waals surface area contributed by atoms with Crippen molar-refractivity contribution in [2.45, 2.75) is 57.0 Å². The van der Waals surface area contributed by atoms with Gasteiger partial charge in [0, 0.05) is 19.1 Å². The van der Waals surface area contributed by atoms with Gasteiger partial charge in [0.25, 0.3) is 0 Å². The largest absolute Gasteiger partial charge is 0.331 e. The van der Waals surface area contributed by atoms with Gasteiger partial charge in [-0.25, -0.2) is 13.4 Å². The van der Waals surface area contributed by atoms with Crippen LogP contribution in [0.1, 0.15) is 38.9 Å². The smallest absolute Gasteiger partial charge is 0.243 e. The summed E-state index contributed by atoms with van der Waals surface area (Å²) >= 11 is 0. The normalized spacial score (nSPS) is 24.0. The summed E-state index contributed by atoms with van der Waals surface area (Å²) in [4.78, 5) is 4.80. The van der Waals surface area contributed by atoms with E-state index in [1.165, 1.54) is 0 Å². The van der Waals surface area contributed by atoms with Gasteiger partial charge in [-0.05, 0) is 51.8 Å². The van der Waals surface area contributed by atoms with Gasteiger partial charge in [-0.2, -0.15) is 4.31 Å². The van der Waals surface area contributed by atoms with Crippen molar-refractivity contribution in [2.24, 2.45) is 7.05 Å². The van der Waals surface area contributed by atoms with Crippen LogP contribution >= 0.6 is 0 Å². The molecule has 2 aromatic rings. The molecule has 0 saturated carbocycles. The summed E-state index contributed by atoms with van der Waals surface area (Å²) in [5.74, 6) is 0.879. The van der Waals surface area contributed by atoms with Crippen molar-refractivity contribution in [1.29, 1.82) is 0 Å². The molecule has 3 rings (SSSR count). The lowest BCUT2D eigenvalue weighted by atomic mass is 10.0. The highest BCUT2D eigenvalue weighted by molar-refractivity contribution is 7.89. The molecule has 120 valence electrons. The number of piperidine rings is 1. The lowest BCUT2D eigenvalue weighted by Crippen LogP contribution is -2.47. The van der Waals surface area contributed by atoms with Gasteiger partial charge in [-0.15, -0.1) is 0 Å². The van der Waals surface area contributed by atoms with Crippen molar-refractivity contribution >= 4 is 21.1 Å². The Hall–Kier alpha value is -1.40. The standard InChI is InChI=1S/C16H23N3O2S/c1-11-6-5-7-12(2)19(11)22(20,21)14-8-9-16-15(10-14)17-13(3)18(16)4/h8-12H,5-7H2,1-4H3. The predicted octanol–water partition coefficient (Wildman–Crippen LogP) is 2.83. The van der Waals surface area contributed by atoms with E-state index in [0.29, 0.717) is 4.90 Å². The molecule has 0 bridgehead atoms. The van der Waals surface area contributed by atoms with E-state index in [2.05, 4.69) is 4.98 Å². The third-order valence-corrected chi connectivity index (χ3v) is 6.89. The SMILES string of the molecule is Cc1nc2cc(S(=O)(=O)N3C(C)CCCC3C)ccc2n1C. The topological polar surface area (TPSA) is 55.2 Å². The second kappa shape index (κ2) is 5.35. The molecule has 6 heteroatoms. The quantitative estimate of drug-likeness (QED) is 0.854. The van der Waals surface area contributed by atoms with Crippen LogP contribution in [0.3, 0.4) is 0 Å². The monoisotopic (exact) mass is 321 g/mol. The fourth-order valence-corrected chi connectivity index (χ4v) is 5.36. The molecule has 0 spiro atoms. The van der Waals surface area contributed by atoms with E-state index in [0.717, 1.165) is 36.1 Å². The van der Waals surface area contributed by atoms with Crippen molar-refractivity contribution in [2.75, 3.05) is 0 Å². The fraction of sp³-hybridized carbons (Fsp3) is 0.562. The van der Waals surface area contributed by atoms with Crippen LogP contribution in [0.25, 0.3) is 11.0 Å². The molecule has 22 heavy (non-hydrogen) atoms. The Morgan fingerprint density at radius 3 is 2.45 bits per heavy atom. The number of fused-ring (bicyclic) bond motifs is 1. The number of imidazole rings is 1. The summed E-state index contributed by atoms with van der Waals surface area (Å²) in [5.41, 5.74) is 1.69. The summed E-state index contributed by atoms with van der Waals surface area (Å²) in [6, 6.07) is 5.35. The molecule has 1 aromatic heterocycles. The third kappa shape index (κ3) is 2.34. The van der Waals surface area contributed by atoms with E-state index >= 15 is 0 Å². The molecular formula is C16H23N3O2S. The zero-order valence-electron chi connectivity index (χ0n) is 13.6. The fourth-order valence-electron chi connectivity index (χ4n) is 3.45. The van der Waals surface area contributed by atoms with Crippen LogP contribution in [0.2, 0.25) is 0 Å². The highest BCUT2D eigenvalue weighted by Crippen LogP contribution is 2.30. The van der Waals surface area contributed by atoms with E-state index in [1.54, 1.807) is 16.4 Å². The van der Waals surface area contributed by atoms with Gasteiger partial charge < -0.3 is 4.57 Å². The first-order chi connectivity index (χ1) is 10.3. The summed E-state index contributed by atoms with van der Waals surface area (Å²) in [6.45, 7) is 5.91. The minimum absolute atomic E-state index is 0.0508. The van der Waals surface area contributed by atoms with Crippen LogP contribution < -0.4 is 0 Å². The van der Waals surface area contributed by atoms with Crippen LogP contribution in [-0.4, -0.2) is 34.4 Å². The average Bonchev–Trinajstić information content (AvgIpc) is 2.73. The van der Waals surface area contributed by atoms with Crippen molar-refractivity contribution in [3.8, 4) is 0 Å². The molecule has 0 aliphatic carbocycles. The summed E-state index contributed by atoms with van der Waals surface area (Å²) in [5, 5.41) is 0. The van der Waals surface area contributed by atoms with E-state index in [-0.39, 0.29) is 12.1 Å². The molecule has 1 aliphatic rings. The Kier molecular flexibility index (Phi) is 3.77. The van der Waals surface area contributed by atoms with Crippen LogP contribution in [0.4, 0.5) is 0 Å². The van der Waals surface area contributed by atoms with Gasteiger partial charge in [0.05, 0.1) is 15.9 Å². The summed E-state index contributed by atoms with van der Waals surface area (Å²) in [6.07, 6.45) is 2.94. The van der Waals surface area contributed by atoms with Gasteiger partial charge in [-0.1, -0.05) is 6.42 Å². The van der Waals surface area contributed by atoms with Crippen LogP contribution in [-0.2, 0) is 17.1 Å². The Labute approximate surface area is 132 Å². The minimum Gasteiger partial charge on any atom is -0.331 e. The summed E-state index contributed by atoms with van der Waals surface area (Å²) in [7, 11) is -1.53. The van der Waals surface area contributed by atoms with Crippen molar-refractivity contribution in [3.63, 3.8) is 0 Å². The molecule has 1 fully saturated rings.